The van der Waals surface area contributed by atoms with Gasteiger partial charge in [0.15, 0.2) is 0 Å². The molecular weight excluding hydrogens is 359 g/mol. The quantitative estimate of drug-likeness (QED) is 0.764. The van der Waals surface area contributed by atoms with Gasteiger partial charge in [0, 0.05) is 49.9 Å². The van der Waals surface area contributed by atoms with Crippen molar-refractivity contribution in [2.45, 2.75) is 12.6 Å². The third-order valence-corrected chi connectivity index (χ3v) is 4.04. The van der Waals surface area contributed by atoms with E-state index in [0.29, 0.717) is 19.8 Å². The molecule has 2 rings (SSSR count). The monoisotopic (exact) mass is 379 g/mol. The zero-order valence-electron chi connectivity index (χ0n) is 13.7. The molecule has 0 bridgehead atoms. The summed E-state index contributed by atoms with van der Waals surface area (Å²) >= 11 is 5.62. The molecule has 140 valence electrons. The van der Waals surface area contributed by atoms with Gasteiger partial charge in [0.2, 0.25) is 5.91 Å². The minimum atomic E-state index is -4.51. The smallest absolute Gasteiger partial charge is 0.384 e. The van der Waals surface area contributed by atoms with Crippen LogP contribution in [0, 0.1) is 0 Å². The average molecular weight is 380 g/mol. The van der Waals surface area contributed by atoms with E-state index in [1.165, 1.54) is 12.1 Å². The van der Waals surface area contributed by atoms with Crippen molar-refractivity contribution in [2.75, 3.05) is 51.3 Å². The van der Waals surface area contributed by atoms with Gasteiger partial charge in [-0.15, -0.1) is 0 Å². The molecule has 1 aromatic carbocycles. The van der Waals surface area contributed by atoms with Crippen molar-refractivity contribution in [3.8, 4) is 0 Å². The third kappa shape index (κ3) is 6.72. The fourth-order valence-electron chi connectivity index (χ4n) is 2.48. The molecule has 0 saturated carbocycles. The first kappa shape index (κ1) is 19.8. The average Bonchev–Trinajstić information content (AvgIpc) is 2.56. The topological polar surface area (TPSA) is 53.6 Å². The van der Waals surface area contributed by atoms with Crippen LogP contribution < -0.4 is 10.6 Å². The largest absolute Gasteiger partial charge is 0.418 e. The Morgan fingerprint density at radius 3 is 2.64 bits per heavy atom. The van der Waals surface area contributed by atoms with Gasteiger partial charge < -0.3 is 15.4 Å². The summed E-state index contributed by atoms with van der Waals surface area (Å²) in [6.45, 7) is 4.42. The van der Waals surface area contributed by atoms with Crippen LogP contribution in [0.25, 0.3) is 0 Å². The fourth-order valence-corrected chi connectivity index (χ4v) is 2.65. The molecule has 1 heterocycles. The molecule has 0 aliphatic carbocycles. The summed E-state index contributed by atoms with van der Waals surface area (Å²) < 4.78 is 44.1. The number of nitrogens with one attached hydrogen (secondary N) is 2. The van der Waals surface area contributed by atoms with Crippen molar-refractivity contribution in [2.24, 2.45) is 0 Å². The van der Waals surface area contributed by atoms with Crippen molar-refractivity contribution in [3.63, 3.8) is 0 Å². The predicted octanol–water partition coefficient (Wildman–Crippen LogP) is 2.61. The Morgan fingerprint density at radius 2 is 1.96 bits per heavy atom. The number of morpholine rings is 1. The molecule has 25 heavy (non-hydrogen) atoms. The van der Waals surface area contributed by atoms with Crippen LogP contribution >= 0.6 is 11.6 Å². The van der Waals surface area contributed by atoms with Crippen LogP contribution in [0.1, 0.15) is 12.0 Å². The zero-order chi connectivity index (χ0) is 18.3. The molecule has 0 radical (unpaired) electrons. The van der Waals surface area contributed by atoms with Crippen molar-refractivity contribution >= 4 is 23.2 Å². The second kappa shape index (κ2) is 9.26. The Hall–Kier alpha value is -1.51. The number of hydrogen-bond acceptors (Lipinski definition) is 4. The van der Waals surface area contributed by atoms with Gasteiger partial charge >= 0.3 is 6.18 Å². The first-order valence-electron chi connectivity index (χ1n) is 8.03. The molecule has 1 aliphatic rings. The third-order valence-electron chi connectivity index (χ3n) is 3.81. The van der Waals surface area contributed by atoms with Gasteiger partial charge in [-0.3, -0.25) is 9.69 Å². The number of halogens is 4. The summed E-state index contributed by atoms with van der Waals surface area (Å²) in [6, 6.07) is 3.51. The van der Waals surface area contributed by atoms with Crippen LogP contribution in [-0.4, -0.2) is 56.7 Å². The number of anilines is 1. The Kier molecular flexibility index (Phi) is 7.34. The zero-order valence-corrected chi connectivity index (χ0v) is 14.4. The maximum Gasteiger partial charge on any atom is 0.418 e. The van der Waals surface area contributed by atoms with E-state index in [9.17, 15) is 18.0 Å². The van der Waals surface area contributed by atoms with Gasteiger partial charge in [-0.25, -0.2) is 0 Å². The van der Waals surface area contributed by atoms with Crippen LogP contribution in [0.2, 0.25) is 5.02 Å². The van der Waals surface area contributed by atoms with Crippen LogP contribution in [0.3, 0.4) is 0 Å². The van der Waals surface area contributed by atoms with Gasteiger partial charge in [0.25, 0.3) is 0 Å². The van der Waals surface area contributed by atoms with E-state index in [0.717, 1.165) is 25.7 Å². The highest BCUT2D eigenvalue weighted by Crippen LogP contribution is 2.36. The lowest BCUT2D eigenvalue weighted by Gasteiger charge is -2.26. The lowest BCUT2D eigenvalue weighted by atomic mass is 10.1. The number of rotatable bonds is 7. The van der Waals surface area contributed by atoms with E-state index < -0.39 is 11.7 Å². The van der Waals surface area contributed by atoms with Crippen LogP contribution in [-0.2, 0) is 15.7 Å². The maximum absolute atomic E-state index is 13.0. The Balaban J connectivity index is 1.72. The SMILES string of the molecule is O=C(CCNc1ccc(Cl)cc1C(F)(F)F)NCCN1CCOCC1. The van der Waals surface area contributed by atoms with E-state index in [4.69, 9.17) is 16.3 Å². The Bertz CT molecular complexity index is 578. The number of amides is 1. The van der Waals surface area contributed by atoms with Crippen molar-refractivity contribution in [1.82, 2.24) is 10.2 Å². The highest BCUT2D eigenvalue weighted by atomic mass is 35.5. The summed E-state index contributed by atoms with van der Waals surface area (Å²) in [7, 11) is 0. The van der Waals surface area contributed by atoms with Gasteiger partial charge in [-0.1, -0.05) is 11.6 Å². The Morgan fingerprint density at radius 1 is 1.24 bits per heavy atom. The first-order chi connectivity index (χ1) is 11.9. The van der Waals surface area contributed by atoms with Gasteiger partial charge in [-0.05, 0) is 18.2 Å². The summed E-state index contributed by atoms with van der Waals surface area (Å²) in [5.41, 5.74) is -0.925. The Labute approximate surface area is 149 Å². The van der Waals surface area contributed by atoms with Gasteiger partial charge in [0.1, 0.15) is 0 Å². The summed E-state index contributed by atoms with van der Waals surface area (Å²) in [6.07, 6.45) is -4.42. The van der Waals surface area contributed by atoms with Crippen LogP contribution in [0.15, 0.2) is 18.2 Å². The van der Waals surface area contributed by atoms with E-state index in [-0.39, 0.29) is 29.6 Å². The standard InChI is InChI=1S/C16H21ClF3N3O2/c17-12-1-2-14(13(11-12)16(18,19)20)21-4-3-15(24)22-5-6-23-7-9-25-10-8-23/h1-2,11,21H,3-10H2,(H,22,24). The molecule has 0 spiro atoms. The van der Waals surface area contributed by atoms with E-state index in [1.54, 1.807) is 0 Å². The molecule has 1 aromatic rings. The predicted molar refractivity (Wildman–Crippen MR) is 89.8 cm³/mol. The number of carbonyl (C=O) groups is 1. The molecule has 2 N–H and O–H groups in total. The van der Waals surface area contributed by atoms with E-state index in [2.05, 4.69) is 15.5 Å². The van der Waals surface area contributed by atoms with Crippen LogP contribution in [0.4, 0.5) is 18.9 Å². The van der Waals surface area contributed by atoms with E-state index >= 15 is 0 Å². The number of benzene rings is 1. The van der Waals surface area contributed by atoms with Crippen molar-refractivity contribution in [1.29, 1.82) is 0 Å². The molecule has 0 atom stereocenters. The molecule has 1 fully saturated rings. The number of hydrogen-bond donors (Lipinski definition) is 2. The first-order valence-corrected chi connectivity index (χ1v) is 8.41. The number of carbonyl (C=O) groups excluding carboxylic acids is 1. The van der Waals surface area contributed by atoms with Gasteiger partial charge in [-0.2, -0.15) is 13.2 Å². The molecule has 9 heteroatoms. The maximum atomic E-state index is 13.0. The highest BCUT2D eigenvalue weighted by molar-refractivity contribution is 6.30. The molecule has 1 saturated heterocycles. The lowest BCUT2D eigenvalue weighted by Crippen LogP contribution is -2.41. The molecular formula is C16H21ClF3N3O2. The lowest BCUT2D eigenvalue weighted by molar-refractivity contribution is -0.137. The summed E-state index contributed by atoms with van der Waals surface area (Å²) in [5, 5.41) is 5.43. The second-order valence-corrected chi connectivity index (χ2v) is 6.10. The number of nitrogens with zero attached hydrogens (tertiary/aromatic N) is 1. The molecule has 5 nitrogen and oxygen atoms in total. The minimum absolute atomic E-state index is 0.0127. The normalized spacial score (nSPS) is 15.8. The molecule has 0 aromatic heterocycles. The molecule has 1 aliphatic heterocycles. The summed E-state index contributed by atoms with van der Waals surface area (Å²) in [5.74, 6) is -0.205. The molecule has 1 amide bonds. The van der Waals surface area contributed by atoms with Crippen LogP contribution in [0.5, 0.6) is 0 Å². The number of alkyl halides is 3. The summed E-state index contributed by atoms with van der Waals surface area (Å²) in [4.78, 5) is 14.0. The minimum Gasteiger partial charge on any atom is -0.384 e. The fraction of sp³-hybridized carbons (Fsp3) is 0.562. The van der Waals surface area contributed by atoms with Crippen molar-refractivity contribution < 1.29 is 22.7 Å². The van der Waals surface area contributed by atoms with E-state index in [1.807, 2.05) is 0 Å². The second-order valence-electron chi connectivity index (χ2n) is 5.67. The number of ether oxygens (including phenoxy) is 1. The highest BCUT2D eigenvalue weighted by Gasteiger charge is 2.33. The van der Waals surface area contributed by atoms with Crippen molar-refractivity contribution in [3.05, 3.63) is 28.8 Å². The van der Waals surface area contributed by atoms with Gasteiger partial charge in [0.05, 0.1) is 18.8 Å². The molecule has 0 unspecified atom stereocenters.